The van der Waals surface area contributed by atoms with E-state index in [9.17, 15) is 0 Å². The number of hydrogen-bond acceptors (Lipinski definition) is 1. The first kappa shape index (κ1) is 10.2. The molecule has 0 aromatic heterocycles. The van der Waals surface area contributed by atoms with Crippen molar-refractivity contribution in [2.24, 2.45) is 5.92 Å². The van der Waals surface area contributed by atoms with Gasteiger partial charge in [0.05, 0.1) is 0 Å². The summed E-state index contributed by atoms with van der Waals surface area (Å²) < 4.78 is 0. The highest BCUT2D eigenvalue weighted by Gasteiger charge is 1.94. The van der Waals surface area contributed by atoms with Crippen molar-refractivity contribution in [1.29, 1.82) is 0 Å². The van der Waals surface area contributed by atoms with Crippen molar-refractivity contribution in [3.63, 3.8) is 0 Å². The van der Waals surface area contributed by atoms with Crippen molar-refractivity contribution in [2.45, 2.75) is 6.92 Å². The van der Waals surface area contributed by atoms with Crippen LogP contribution < -0.4 is 5.32 Å². The first-order valence-electron chi connectivity index (χ1n) is 3.97. The minimum Gasteiger partial charge on any atom is -0.316 e. The molecule has 0 saturated heterocycles. The molecule has 0 aliphatic rings. The Morgan fingerprint density at radius 3 is 2.64 bits per heavy atom. The molecule has 0 rings (SSSR count). The van der Waals surface area contributed by atoms with E-state index in [1.165, 1.54) is 0 Å². The molecule has 1 unspecified atom stereocenters. The van der Waals surface area contributed by atoms with E-state index in [0.29, 0.717) is 5.92 Å². The second-order valence-corrected chi connectivity index (χ2v) is 2.33. The second kappa shape index (κ2) is 7.29. The molecule has 0 bridgehead atoms. The summed E-state index contributed by atoms with van der Waals surface area (Å²) in [5.41, 5.74) is 0. The Hall–Kier alpha value is -0.820. The molecule has 0 aliphatic carbocycles. The summed E-state index contributed by atoms with van der Waals surface area (Å²) in [4.78, 5) is 0. The molecule has 1 atom stereocenters. The largest absolute Gasteiger partial charge is 0.316 e. The van der Waals surface area contributed by atoms with Gasteiger partial charge in [0.1, 0.15) is 0 Å². The zero-order valence-electron chi connectivity index (χ0n) is 7.22. The third-order valence-corrected chi connectivity index (χ3v) is 1.43. The van der Waals surface area contributed by atoms with Crippen LogP contribution in [-0.4, -0.2) is 13.1 Å². The maximum atomic E-state index is 3.74. The van der Waals surface area contributed by atoms with E-state index in [0.717, 1.165) is 13.1 Å². The average Bonchev–Trinajstić information content (AvgIpc) is 2.05. The summed E-state index contributed by atoms with van der Waals surface area (Å²) in [7, 11) is 0. The van der Waals surface area contributed by atoms with Crippen LogP contribution in [0.25, 0.3) is 0 Å². The van der Waals surface area contributed by atoms with Crippen molar-refractivity contribution in [3.05, 3.63) is 37.5 Å². The quantitative estimate of drug-likeness (QED) is 0.453. The lowest BCUT2D eigenvalue weighted by molar-refractivity contribution is 0.652. The van der Waals surface area contributed by atoms with Gasteiger partial charge in [0.2, 0.25) is 0 Å². The smallest absolute Gasteiger partial charge is 0.00722 e. The maximum absolute atomic E-state index is 3.74. The summed E-state index contributed by atoms with van der Waals surface area (Å²) in [6.45, 7) is 11.4. The van der Waals surface area contributed by atoms with Gasteiger partial charge in [-0.05, 0) is 6.54 Å². The van der Waals surface area contributed by atoms with Crippen LogP contribution in [0.15, 0.2) is 37.5 Å². The molecule has 1 N–H and O–H groups in total. The van der Waals surface area contributed by atoms with Crippen LogP contribution in [0.3, 0.4) is 0 Å². The summed E-state index contributed by atoms with van der Waals surface area (Å²) >= 11 is 0. The molecule has 1 heteroatoms. The molecule has 0 aromatic rings. The summed E-state index contributed by atoms with van der Waals surface area (Å²) in [5, 5.41) is 3.25. The van der Waals surface area contributed by atoms with Gasteiger partial charge in [-0.3, -0.25) is 0 Å². The minimum atomic E-state index is 0.424. The third-order valence-electron chi connectivity index (χ3n) is 1.43. The van der Waals surface area contributed by atoms with Gasteiger partial charge in [0, 0.05) is 12.5 Å². The van der Waals surface area contributed by atoms with Crippen LogP contribution in [0.1, 0.15) is 6.92 Å². The summed E-state index contributed by atoms with van der Waals surface area (Å²) in [5.74, 6) is 0.424. The van der Waals surface area contributed by atoms with Crippen molar-refractivity contribution in [3.8, 4) is 0 Å². The molecule has 0 aromatic carbocycles. The zero-order chi connectivity index (χ0) is 8.53. The Kier molecular flexibility index (Phi) is 6.75. The fourth-order valence-corrected chi connectivity index (χ4v) is 0.762. The van der Waals surface area contributed by atoms with E-state index in [-0.39, 0.29) is 0 Å². The predicted molar refractivity (Wildman–Crippen MR) is 51.6 cm³/mol. The third kappa shape index (κ3) is 5.62. The maximum Gasteiger partial charge on any atom is 0.00722 e. The van der Waals surface area contributed by atoms with Crippen LogP contribution in [0.4, 0.5) is 0 Å². The normalized spacial score (nSPS) is 13.2. The van der Waals surface area contributed by atoms with Gasteiger partial charge in [-0.25, -0.2) is 0 Å². The first-order valence-corrected chi connectivity index (χ1v) is 3.97. The minimum absolute atomic E-state index is 0.424. The Labute approximate surface area is 69.5 Å². The van der Waals surface area contributed by atoms with E-state index >= 15 is 0 Å². The van der Waals surface area contributed by atoms with Gasteiger partial charge in [-0.15, -0.1) is 6.58 Å². The van der Waals surface area contributed by atoms with Crippen molar-refractivity contribution in [2.75, 3.05) is 13.1 Å². The van der Waals surface area contributed by atoms with Crippen LogP contribution >= 0.6 is 0 Å². The van der Waals surface area contributed by atoms with Gasteiger partial charge in [0.15, 0.2) is 0 Å². The highest BCUT2D eigenvalue weighted by Crippen LogP contribution is 1.97. The zero-order valence-corrected chi connectivity index (χ0v) is 7.22. The number of allylic oxidation sites excluding steroid dienone is 2. The molecule has 0 radical (unpaired) electrons. The van der Waals surface area contributed by atoms with Crippen LogP contribution in [-0.2, 0) is 0 Å². The van der Waals surface area contributed by atoms with Gasteiger partial charge < -0.3 is 5.32 Å². The Morgan fingerprint density at radius 1 is 1.45 bits per heavy atom. The van der Waals surface area contributed by atoms with E-state index in [1.807, 2.05) is 12.2 Å². The number of nitrogens with one attached hydrogen (secondary N) is 1. The topological polar surface area (TPSA) is 12.0 Å². The lowest BCUT2D eigenvalue weighted by Crippen LogP contribution is -2.19. The Balaban J connectivity index is 3.65. The van der Waals surface area contributed by atoms with Crippen LogP contribution in [0, 0.1) is 5.92 Å². The van der Waals surface area contributed by atoms with Crippen LogP contribution in [0.2, 0.25) is 0 Å². The van der Waals surface area contributed by atoms with Gasteiger partial charge in [0.25, 0.3) is 0 Å². The van der Waals surface area contributed by atoms with Gasteiger partial charge in [-0.2, -0.15) is 0 Å². The highest BCUT2D eigenvalue weighted by molar-refractivity contribution is 5.05. The van der Waals surface area contributed by atoms with Crippen molar-refractivity contribution < 1.29 is 0 Å². The average molecular weight is 151 g/mol. The highest BCUT2D eigenvalue weighted by atomic mass is 14.8. The molecule has 0 fully saturated rings. The van der Waals surface area contributed by atoms with E-state index in [1.54, 1.807) is 6.08 Å². The molecular formula is C10H17N. The van der Waals surface area contributed by atoms with E-state index in [4.69, 9.17) is 0 Å². The van der Waals surface area contributed by atoms with E-state index in [2.05, 4.69) is 31.5 Å². The first-order chi connectivity index (χ1) is 5.35. The molecule has 62 valence electrons. The molecule has 0 amide bonds. The molecule has 0 saturated carbocycles. The lowest BCUT2D eigenvalue weighted by atomic mass is 10.1. The van der Waals surface area contributed by atoms with E-state index < -0.39 is 0 Å². The SMILES string of the molecule is C=C/C=C\C(C=C)CNCC. The Morgan fingerprint density at radius 2 is 2.18 bits per heavy atom. The number of rotatable bonds is 6. The molecule has 1 nitrogen and oxygen atoms in total. The van der Waals surface area contributed by atoms with Crippen molar-refractivity contribution in [1.82, 2.24) is 5.32 Å². The molecule has 0 aliphatic heterocycles. The lowest BCUT2D eigenvalue weighted by Gasteiger charge is -2.06. The molecule has 11 heavy (non-hydrogen) atoms. The van der Waals surface area contributed by atoms with Crippen LogP contribution in [0.5, 0.6) is 0 Å². The fraction of sp³-hybridized carbons (Fsp3) is 0.400. The molecular weight excluding hydrogens is 134 g/mol. The van der Waals surface area contributed by atoms with Gasteiger partial charge in [-0.1, -0.05) is 37.8 Å². The molecule has 0 heterocycles. The monoisotopic (exact) mass is 151 g/mol. The van der Waals surface area contributed by atoms with Gasteiger partial charge >= 0.3 is 0 Å². The fourth-order valence-electron chi connectivity index (χ4n) is 0.762. The standard InChI is InChI=1S/C10H17N/c1-4-7-8-10(5-2)9-11-6-3/h4-5,7-8,10-11H,1-2,6,9H2,3H3/b8-7-. The predicted octanol–water partition coefficient (Wildman–Crippen LogP) is 2.14. The summed E-state index contributed by atoms with van der Waals surface area (Å²) in [6, 6.07) is 0. The second-order valence-electron chi connectivity index (χ2n) is 2.33. The number of hydrogen-bond donors (Lipinski definition) is 1. The Bertz CT molecular complexity index is 136. The molecule has 0 spiro atoms. The summed E-state index contributed by atoms with van der Waals surface area (Å²) in [6.07, 6.45) is 7.75. The van der Waals surface area contributed by atoms with Crippen molar-refractivity contribution >= 4 is 0 Å².